The Balaban J connectivity index is 3.67. The number of rotatable bonds is 11. The first kappa shape index (κ1) is 16.5. The molecule has 0 saturated carbocycles. The van der Waals surface area contributed by atoms with Crippen molar-refractivity contribution < 1.29 is 4.79 Å². The van der Waals surface area contributed by atoms with Gasteiger partial charge in [0.2, 0.25) is 5.91 Å². The van der Waals surface area contributed by atoms with Gasteiger partial charge in [-0.1, -0.05) is 65.2 Å². The van der Waals surface area contributed by atoms with Gasteiger partial charge in [0, 0.05) is 13.5 Å². The molecule has 2 nitrogen and oxygen atoms in total. The predicted octanol–water partition coefficient (Wildman–Crippen LogP) is 4.29. The van der Waals surface area contributed by atoms with Gasteiger partial charge in [-0.2, -0.15) is 0 Å². The Labute approximate surface area is 108 Å². The van der Waals surface area contributed by atoms with Crippen LogP contribution in [0.15, 0.2) is 0 Å². The van der Waals surface area contributed by atoms with Gasteiger partial charge in [-0.05, 0) is 12.3 Å². The van der Waals surface area contributed by atoms with Crippen LogP contribution in [-0.2, 0) is 4.79 Å². The first-order valence-electron chi connectivity index (χ1n) is 7.45. The van der Waals surface area contributed by atoms with E-state index in [-0.39, 0.29) is 5.91 Å². The molecule has 1 N–H and O–H groups in total. The number of unbranched alkanes of at least 4 members (excludes halogenated alkanes) is 4. The lowest BCUT2D eigenvalue weighted by Crippen LogP contribution is -2.23. The van der Waals surface area contributed by atoms with E-state index in [9.17, 15) is 4.79 Å². The molecule has 0 aliphatic heterocycles. The fraction of sp³-hybridized carbons (Fsp3) is 0.933. The summed E-state index contributed by atoms with van der Waals surface area (Å²) in [6.45, 7) is 6.97. The molecule has 0 fully saturated rings. The molecule has 1 atom stereocenters. The smallest absolute Gasteiger partial charge is 0.216 e. The largest absolute Gasteiger partial charge is 0.356 e. The highest BCUT2D eigenvalue weighted by Gasteiger charge is 2.08. The number of hydrogen-bond acceptors (Lipinski definition) is 1. The number of amides is 1. The van der Waals surface area contributed by atoms with E-state index in [0.717, 1.165) is 18.9 Å². The number of carbonyl (C=O) groups excluding carboxylic acids is 1. The Morgan fingerprint density at radius 3 is 2.18 bits per heavy atom. The summed E-state index contributed by atoms with van der Waals surface area (Å²) in [5.41, 5.74) is 0. The van der Waals surface area contributed by atoms with Crippen molar-refractivity contribution in [3.8, 4) is 0 Å². The van der Waals surface area contributed by atoms with Crippen molar-refractivity contribution in [3.05, 3.63) is 0 Å². The lowest BCUT2D eigenvalue weighted by atomic mass is 9.92. The predicted molar refractivity (Wildman–Crippen MR) is 75.1 cm³/mol. The second kappa shape index (κ2) is 11.9. The van der Waals surface area contributed by atoms with Gasteiger partial charge >= 0.3 is 0 Å². The summed E-state index contributed by atoms with van der Waals surface area (Å²) >= 11 is 0. The van der Waals surface area contributed by atoms with Gasteiger partial charge in [0.25, 0.3) is 0 Å². The Kier molecular flexibility index (Phi) is 11.6. The highest BCUT2D eigenvalue weighted by atomic mass is 16.1. The molecule has 0 aliphatic carbocycles. The van der Waals surface area contributed by atoms with E-state index in [0.29, 0.717) is 0 Å². The molecular weight excluding hydrogens is 210 g/mol. The van der Waals surface area contributed by atoms with Gasteiger partial charge < -0.3 is 5.32 Å². The minimum Gasteiger partial charge on any atom is -0.356 e. The van der Waals surface area contributed by atoms with E-state index in [1.54, 1.807) is 6.92 Å². The molecular formula is C15H31NO. The third kappa shape index (κ3) is 11.7. The molecule has 1 unspecified atom stereocenters. The van der Waals surface area contributed by atoms with Crippen molar-refractivity contribution in [1.82, 2.24) is 5.32 Å². The average molecular weight is 241 g/mol. The Hall–Kier alpha value is -0.530. The van der Waals surface area contributed by atoms with E-state index in [1.807, 2.05) is 0 Å². The average Bonchev–Trinajstić information content (AvgIpc) is 2.30. The lowest BCUT2D eigenvalue weighted by molar-refractivity contribution is -0.119. The van der Waals surface area contributed by atoms with E-state index < -0.39 is 0 Å². The summed E-state index contributed by atoms with van der Waals surface area (Å²) in [6.07, 6.45) is 11.9. The highest BCUT2D eigenvalue weighted by Crippen LogP contribution is 2.20. The first-order valence-corrected chi connectivity index (χ1v) is 7.45. The van der Waals surface area contributed by atoms with Crippen LogP contribution in [0.2, 0.25) is 0 Å². The van der Waals surface area contributed by atoms with E-state index >= 15 is 0 Å². The fourth-order valence-corrected chi connectivity index (χ4v) is 2.24. The summed E-state index contributed by atoms with van der Waals surface area (Å²) in [7, 11) is 0. The fourth-order valence-electron chi connectivity index (χ4n) is 2.24. The van der Waals surface area contributed by atoms with Crippen LogP contribution in [0.4, 0.5) is 0 Å². The molecule has 2 heteroatoms. The van der Waals surface area contributed by atoms with Crippen molar-refractivity contribution in [3.63, 3.8) is 0 Å². The van der Waals surface area contributed by atoms with Crippen LogP contribution in [0.1, 0.15) is 78.6 Å². The minimum atomic E-state index is 0.102. The van der Waals surface area contributed by atoms with Crippen molar-refractivity contribution in [2.24, 2.45) is 5.92 Å². The number of hydrogen-bond donors (Lipinski definition) is 1. The van der Waals surface area contributed by atoms with Crippen LogP contribution in [0.5, 0.6) is 0 Å². The maximum atomic E-state index is 10.8. The van der Waals surface area contributed by atoms with Gasteiger partial charge in [-0.15, -0.1) is 0 Å². The third-order valence-corrected chi connectivity index (χ3v) is 3.36. The maximum absolute atomic E-state index is 10.8. The third-order valence-electron chi connectivity index (χ3n) is 3.36. The second-order valence-electron chi connectivity index (χ2n) is 5.13. The number of nitrogens with one attached hydrogen (secondary N) is 1. The van der Waals surface area contributed by atoms with Crippen molar-refractivity contribution in [2.75, 3.05) is 6.54 Å². The normalized spacial score (nSPS) is 12.4. The summed E-state index contributed by atoms with van der Waals surface area (Å²) in [4.78, 5) is 10.8. The molecule has 1 amide bonds. The highest BCUT2D eigenvalue weighted by molar-refractivity contribution is 5.72. The minimum absolute atomic E-state index is 0.102. The molecule has 0 saturated heterocycles. The SMILES string of the molecule is CCCCCCC(CCCC)CCNC(C)=O. The standard InChI is InChI=1S/C15H31NO/c1-4-6-8-9-11-15(10-7-5-2)12-13-16-14(3)17/h15H,4-13H2,1-3H3,(H,16,17). The quantitative estimate of drug-likeness (QED) is 0.537. The number of carbonyl (C=O) groups is 1. The van der Waals surface area contributed by atoms with Crippen LogP contribution < -0.4 is 5.32 Å². The molecule has 0 heterocycles. The molecule has 0 rings (SSSR count). The molecule has 17 heavy (non-hydrogen) atoms. The maximum Gasteiger partial charge on any atom is 0.216 e. The Bertz CT molecular complexity index is 180. The van der Waals surface area contributed by atoms with Gasteiger partial charge in [-0.3, -0.25) is 4.79 Å². The van der Waals surface area contributed by atoms with Gasteiger partial charge in [-0.25, -0.2) is 0 Å². The van der Waals surface area contributed by atoms with Gasteiger partial charge in [0.05, 0.1) is 0 Å². The molecule has 0 aromatic rings. The lowest BCUT2D eigenvalue weighted by Gasteiger charge is -2.16. The van der Waals surface area contributed by atoms with Gasteiger partial charge in [0.15, 0.2) is 0 Å². The van der Waals surface area contributed by atoms with Gasteiger partial charge in [0.1, 0.15) is 0 Å². The molecule has 0 bridgehead atoms. The molecule has 0 aliphatic rings. The topological polar surface area (TPSA) is 29.1 Å². The second-order valence-corrected chi connectivity index (χ2v) is 5.13. The summed E-state index contributed by atoms with van der Waals surface area (Å²) in [5.74, 6) is 0.920. The molecule has 0 radical (unpaired) electrons. The van der Waals surface area contributed by atoms with Crippen molar-refractivity contribution in [1.29, 1.82) is 0 Å². The van der Waals surface area contributed by atoms with Crippen molar-refractivity contribution >= 4 is 5.91 Å². The molecule has 102 valence electrons. The molecule has 0 aromatic carbocycles. The zero-order valence-corrected chi connectivity index (χ0v) is 12.1. The van der Waals surface area contributed by atoms with Crippen LogP contribution in [0.25, 0.3) is 0 Å². The molecule has 0 aromatic heterocycles. The van der Waals surface area contributed by atoms with E-state index in [2.05, 4.69) is 19.2 Å². The van der Waals surface area contributed by atoms with Crippen LogP contribution in [0.3, 0.4) is 0 Å². The van der Waals surface area contributed by atoms with Crippen LogP contribution in [0, 0.1) is 5.92 Å². The van der Waals surface area contributed by atoms with E-state index in [4.69, 9.17) is 0 Å². The van der Waals surface area contributed by atoms with Crippen LogP contribution in [-0.4, -0.2) is 12.5 Å². The Morgan fingerprint density at radius 2 is 1.59 bits per heavy atom. The Morgan fingerprint density at radius 1 is 0.941 bits per heavy atom. The van der Waals surface area contributed by atoms with Crippen LogP contribution >= 0.6 is 0 Å². The summed E-state index contributed by atoms with van der Waals surface area (Å²) in [5, 5.41) is 2.92. The molecule has 0 spiro atoms. The zero-order chi connectivity index (χ0) is 12.9. The van der Waals surface area contributed by atoms with Crippen molar-refractivity contribution in [2.45, 2.75) is 78.6 Å². The van der Waals surface area contributed by atoms with E-state index in [1.165, 1.54) is 51.4 Å². The first-order chi connectivity index (χ1) is 8.20. The summed E-state index contributed by atoms with van der Waals surface area (Å²) < 4.78 is 0. The zero-order valence-electron chi connectivity index (χ0n) is 12.1. The monoisotopic (exact) mass is 241 g/mol. The summed E-state index contributed by atoms with van der Waals surface area (Å²) in [6, 6.07) is 0.